The Bertz CT molecular complexity index is 973. The van der Waals surface area contributed by atoms with Crippen molar-refractivity contribution in [3.8, 4) is 0 Å². The zero-order valence-electron chi connectivity index (χ0n) is 16.6. The van der Waals surface area contributed by atoms with Crippen molar-refractivity contribution in [2.75, 3.05) is 31.6 Å². The number of amides is 1. The number of anilines is 1. The minimum atomic E-state index is -3.63. The van der Waals surface area contributed by atoms with Crippen LogP contribution in [0.3, 0.4) is 0 Å². The lowest BCUT2D eigenvalue weighted by molar-refractivity contribution is -0.131. The van der Waals surface area contributed by atoms with E-state index >= 15 is 0 Å². The van der Waals surface area contributed by atoms with E-state index in [1.54, 1.807) is 24.0 Å². The van der Waals surface area contributed by atoms with Crippen molar-refractivity contribution in [3.05, 3.63) is 59.2 Å². The number of carbonyl (C=O) groups excluding carboxylic acids is 1. The van der Waals surface area contributed by atoms with Gasteiger partial charge in [0.05, 0.1) is 4.90 Å². The van der Waals surface area contributed by atoms with Crippen molar-refractivity contribution < 1.29 is 13.2 Å². The first kappa shape index (κ1) is 20.4. The van der Waals surface area contributed by atoms with Gasteiger partial charge in [0.15, 0.2) is 0 Å². The van der Waals surface area contributed by atoms with Crippen LogP contribution in [-0.2, 0) is 21.4 Å². The van der Waals surface area contributed by atoms with Gasteiger partial charge in [-0.3, -0.25) is 4.79 Å². The Morgan fingerprint density at radius 1 is 1.11 bits per heavy atom. The van der Waals surface area contributed by atoms with Crippen molar-refractivity contribution in [1.29, 1.82) is 0 Å². The molecule has 1 amide bonds. The van der Waals surface area contributed by atoms with Crippen LogP contribution in [-0.4, -0.2) is 45.9 Å². The molecular formula is C21H27N3O3S. The van der Waals surface area contributed by atoms with Gasteiger partial charge in [0, 0.05) is 45.3 Å². The molecule has 0 spiro atoms. The maximum atomic E-state index is 12.7. The molecule has 0 radical (unpaired) electrons. The highest BCUT2D eigenvalue weighted by Crippen LogP contribution is 2.24. The van der Waals surface area contributed by atoms with Crippen LogP contribution in [0, 0.1) is 13.8 Å². The summed E-state index contributed by atoms with van der Waals surface area (Å²) in [6.07, 6.45) is 0.135. The summed E-state index contributed by atoms with van der Waals surface area (Å²) < 4.78 is 27.6. The van der Waals surface area contributed by atoms with Crippen molar-refractivity contribution in [1.82, 2.24) is 9.62 Å². The monoisotopic (exact) mass is 401 g/mol. The second-order valence-electron chi connectivity index (χ2n) is 7.28. The summed E-state index contributed by atoms with van der Waals surface area (Å²) in [5.74, 6) is -0.0477. The van der Waals surface area contributed by atoms with Crippen LogP contribution in [0.4, 0.5) is 5.69 Å². The average Bonchev–Trinajstić information content (AvgIpc) is 2.80. The Labute approximate surface area is 167 Å². The molecule has 1 aliphatic rings. The summed E-state index contributed by atoms with van der Waals surface area (Å²) in [6, 6.07) is 13.3. The Morgan fingerprint density at radius 3 is 2.61 bits per heavy atom. The lowest BCUT2D eigenvalue weighted by Gasteiger charge is -2.21. The molecule has 3 rings (SSSR count). The lowest BCUT2D eigenvalue weighted by atomic mass is 10.1. The lowest BCUT2D eigenvalue weighted by Crippen LogP contribution is -2.36. The van der Waals surface area contributed by atoms with Crippen LogP contribution in [0.2, 0.25) is 0 Å². The smallest absolute Gasteiger partial charge is 0.240 e. The molecule has 28 heavy (non-hydrogen) atoms. The zero-order chi connectivity index (χ0) is 20.3. The maximum absolute atomic E-state index is 12.7. The predicted octanol–water partition coefficient (Wildman–Crippen LogP) is 2.45. The molecule has 2 aromatic rings. The van der Waals surface area contributed by atoms with E-state index in [2.05, 4.69) is 15.7 Å². The summed E-state index contributed by atoms with van der Waals surface area (Å²) in [6.45, 7) is 5.70. The molecular weight excluding hydrogens is 374 g/mol. The number of nitrogens with one attached hydrogen (secondary N) is 1. The first-order valence-electron chi connectivity index (χ1n) is 9.41. The molecule has 0 bridgehead atoms. The third-order valence-electron chi connectivity index (χ3n) is 5.07. The Balaban J connectivity index is 1.61. The summed E-state index contributed by atoms with van der Waals surface area (Å²) in [5.41, 5.74) is 3.95. The predicted molar refractivity (Wildman–Crippen MR) is 111 cm³/mol. The number of aryl methyl sites for hydroxylation is 2. The molecule has 2 aromatic carbocycles. The summed E-state index contributed by atoms with van der Waals surface area (Å²) >= 11 is 0. The quantitative estimate of drug-likeness (QED) is 0.836. The fraction of sp³-hybridized carbons (Fsp3) is 0.381. The Hall–Kier alpha value is -2.38. The topological polar surface area (TPSA) is 69.7 Å². The largest absolute Gasteiger partial charge is 0.373 e. The van der Waals surface area contributed by atoms with E-state index in [-0.39, 0.29) is 23.8 Å². The standard InChI is InChI=1S/C21H27N3O3S/c1-16-8-9-20(17(2)14-16)28(26,27)22-11-10-21(25)24-13-12-23(3)19-7-5-4-6-18(19)15-24/h4-9,14,22H,10-13,15H2,1-3H3. The van der Waals surface area contributed by atoms with E-state index in [4.69, 9.17) is 0 Å². The first-order valence-corrected chi connectivity index (χ1v) is 10.9. The summed E-state index contributed by atoms with van der Waals surface area (Å²) in [7, 11) is -1.61. The highest BCUT2D eigenvalue weighted by atomic mass is 32.2. The molecule has 0 atom stereocenters. The second kappa shape index (κ2) is 8.32. The van der Waals surface area contributed by atoms with Gasteiger partial charge >= 0.3 is 0 Å². The molecule has 6 nitrogen and oxygen atoms in total. The van der Waals surface area contributed by atoms with Crippen LogP contribution in [0.5, 0.6) is 0 Å². The number of benzene rings is 2. The van der Waals surface area contributed by atoms with E-state index in [0.29, 0.717) is 18.7 Å². The van der Waals surface area contributed by atoms with Gasteiger partial charge in [-0.25, -0.2) is 13.1 Å². The van der Waals surface area contributed by atoms with Gasteiger partial charge in [-0.15, -0.1) is 0 Å². The fourth-order valence-electron chi connectivity index (χ4n) is 3.53. The molecule has 1 aliphatic heterocycles. The zero-order valence-corrected chi connectivity index (χ0v) is 17.4. The van der Waals surface area contributed by atoms with Crippen molar-refractivity contribution in [3.63, 3.8) is 0 Å². The molecule has 0 saturated heterocycles. The molecule has 150 valence electrons. The van der Waals surface area contributed by atoms with Crippen LogP contribution in [0.15, 0.2) is 47.4 Å². The normalized spacial score (nSPS) is 14.5. The average molecular weight is 402 g/mol. The van der Waals surface area contributed by atoms with Crippen LogP contribution >= 0.6 is 0 Å². The molecule has 0 unspecified atom stereocenters. The van der Waals surface area contributed by atoms with E-state index in [9.17, 15) is 13.2 Å². The van der Waals surface area contributed by atoms with E-state index < -0.39 is 10.0 Å². The van der Waals surface area contributed by atoms with Gasteiger partial charge in [-0.2, -0.15) is 0 Å². The van der Waals surface area contributed by atoms with Crippen LogP contribution in [0.1, 0.15) is 23.1 Å². The van der Waals surface area contributed by atoms with Crippen LogP contribution < -0.4 is 9.62 Å². The number of fused-ring (bicyclic) bond motifs is 1. The number of rotatable bonds is 5. The molecule has 0 aliphatic carbocycles. The number of hydrogen-bond donors (Lipinski definition) is 1. The number of hydrogen-bond acceptors (Lipinski definition) is 4. The third kappa shape index (κ3) is 4.54. The van der Waals surface area contributed by atoms with Crippen LogP contribution in [0.25, 0.3) is 0 Å². The summed E-state index contributed by atoms with van der Waals surface area (Å²) in [5, 5.41) is 0. The minimum Gasteiger partial charge on any atom is -0.373 e. The van der Waals surface area contributed by atoms with Gasteiger partial charge in [0.2, 0.25) is 15.9 Å². The minimum absolute atomic E-state index is 0.0477. The SMILES string of the molecule is Cc1ccc(S(=O)(=O)NCCC(=O)N2CCN(C)c3ccccc3C2)c(C)c1. The van der Waals surface area contributed by atoms with Crippen molar-refractivity contribution in [2.24, 2.45) is 0 Å². The van der Waals surface area contributed by atoms with Gasteiger partial charge in [-0.05, 0) is 37.1 Å². The van der Waals surface area contributed by atoms with Crippen molar-refractivity contribution in [2.45, 2.75) is 31.7 Å². The van der Waals surface area contributed by atoms with Gasteiger partial charge in [0.1, 0.15) is 0 Å². The first-order chi connectivity index (χ1) is 13.3. The maximum Gasteiger partial charge on any atom is 0.240 e. The fourth-order valence-corrected chi connectivity index (χ4v) is 4.79. The molecule has 1 heterocycles. The molecule has 1 N–H and O–H groups in total. The van der Waals surface area contributed by atoms with E-state index in [0.717, 1.165) is 23.4 Å². The number of sulfonamides is 1. The van der Waals surface area contributed by atoms with Gasteiger partial charge < -0.3 is 9.80 Å². The van der Waals surface area contributed by atoms with E-state index in [1.165, 1.54) is 0 Å². The molecule has 0 fully saturated rings. The van der Waals surface area contributed by atoms with Crippen molar-refractivity contribution >= 4 is 21.6 Å². The van der Waals surface area contributed by atoms with Gasteiger partial charge in [0.25, 0.3) is 0 Å². The molecule has 0 aromatic heterocycles. The third-order valence-corrected chi connectivity index (χ3v) is 6.69. The number of carbonyl (C=O) groups is 1. The molecule has 0 saturated carbocycles. The highest BCUT2D eigenvalue weighted by Gasteiger charge is 2.22. The Morgan fingerprint density at radius 2 is 1.86 bits per heavy atom. The molecule has 7 heteroatoms. The second-order valence-corrected chi connectivity index (χ2v) is 9.02. The summed E-state index contributed by atoms with van der Waals surface area (Å²) in [4.78, 5) is 16.9. The Kier molecular flexibility index (Phi) is 6.05. The number of para-hydroxylation sites is 1. The number of nitrogens with zero attached hydrogens (tertiary/aromatic N) is 2. The number of likely N-dealkylation sites (N-methyl/N-ethyl adjacent to an activating group) is 1. The van der Waals surface area contributed by atoms with E-state index in [1.807, 2.05) is 38.2 Å². The highest BCUT2D eigenvalue weighted by molar-refractivity contribution is 7.89. The van der Waals surface area contributed by atoms with Gasteiger partial charge in [-0.1, -0.05) is 35.9 Å².